The Labute approximate surface area is 104 Å². The van der Waals surface area contributed by atoms with E-state index in [9.17, 15) is 4.79 Å². The first kappa shape index (κ1) is 13.2. The fourth-order valence-corrected chi connectivity index (χ4v) is 1.33. The SMILES string of the molecule is COC(C)(C)CNC(=O)c1ccc(Br)cc1. The van der Waals surface area contributed by atoms with Crippen molar-refractivity contribution in [3.63, 3.8) is 0 Å². The number of rotatable bonds is 4. The molecule has 0 heterocycles. The predicted octanol–water partition coefficient (Wildman–Crippen LogP) is 2.60. The Morgan fingerprint density at radius 2 is 1.94 bits per heavy atom. The number of ether oxygens (including phenoxy) is 1. The summed E-state index contributed by atoms with van der Waals surface area (Å²) in [5.74, 6) is -0.0855. The molecule has 16 heavy (non-hydrogen) atoms. The molecule has 0 fully saturated rings. The van der Waals surface area contributed by atoms with E-state index < -0.39 is 0 Å². The van der Waals surface area contributed by atoms with Gasteiger partial charge in [0, 0.05) is 23.7 Å². The molecule has 0 saturated heterocycles. The largest absolute Gasteiger partial charge is 0.377 e. The summed E-state index contributed by atoms with van der Waals surface area (Å²) in [6.45, 7) is 4.34. The van der Waals surface area contributed by atoms with Gasteiger partial charge in [-0.15, -0.1) is 0 Å². The summed E-state index contributed by atoms with van der Waals surface area (Å²) in [6.07, 6.45) is 0. The third kappa shape index (κ3) is 3.94. The minimum atomic E-state index is -0.342. The van der Waals surface area contributed by atoms with Gasteiger partial charge in [0.25, 0.3) is 5.91 Å². The quantitative estimate of drug-likeness (QED) is 0.924. The van der Waals surface area contributed by atoms with Crippen LogP contribution in [-0.4, -0.2) is 25.2 Å². The Bertz CT molecular complexity index is 360. The molecule has 1 aromatic carbocycles. The minimum Gasteiger partial charge on any atom is -0.377 e. The maximum atomic E-state index is 11.7. The number of amides is 1. The molecular formula is C12H16BrNO2. The van der Waals surface area contributed by atoms with Crippen LogP contribution in [0.5, 0.6) is 0 Å². The second kappa shape index (κ2) is 5.46. The number of hydrogen-bond donors (Lipinski definition) is 1. The Kier molecular flexibility index (Phi) is 4.50. The molecular weight excluding hydrogens is 270 g/mol. The Morgan fingerprint density at radius 3 is 2.44 bits per heavy atom. The normalized spacial score (nSPS) is 11.2. The van der Waals surface area contributed by atoms with Crippen LogP contribution < -0.4 is 5.32 Å². The average Bonchev–Trinajstić information content (AvgIpc) is 2.27. The molecule has 0 aliphatic rings. The van der Waals surface area contributed by atoms with E-state index in [1.165, 1.54) is 0 Å². The van der Waals surface area contributed by atoms with Crippen LogP contribution in [-0.2, 0) is 4.74 Å². The number of carbonyl (C=O) groups is 1. The number of methoxy groups -OCH3 is 1. The van der Waals surface area contributed by atoms with Crippen molar-refractivity contribution in [2.75, 3.05) is 13.7 Å². The molecule has 0 aliphatic heterocycles. The molecule has 4 heteroatoms. The van der Waals surface area contributed by atoms with Crippen LogP contribution in [0.2, 0.25) is 0 Å². The van der Waals surface area contributed by atoms with E-state index in [1.54, 1.807) is 19.2 Å². The molecule has 0 unspecified atom stereocenters. The van der Waals surface area contributed by atoms with Crippen molar-refractivity contribution in [2.45, 2.75) is 19.4 Å². The monoisotopic (exact) mass is 285 g/mol. The summed E-state index contributed by atoms with van der Waals surface area (Å²) < 4.78 is 6.18. The predicted molar refractivity (Wildman–Crippen MR) is 67.6 cm³/mol. The van der Waals surface area contributed by atoms with Crippen molar-refractivity contribution < 1.29 is 9.53 Å². The second-order valence-electron chi connectivity index (χ2n) is 4.15. The van der Waals surface area contributed by atoms with Gasteiger partial charge in [-0.1, -0.05) is 15.9 Å². The highest BCUT2D eigenvalue weighted by atomic mass is 79.9. The molecule has 0 aliphatic carbocycles. The van der Waals surface area contributed by atoms with Crippen molar-refractivity contribution in [1.29, 1.82) is 0 Å². The van der Waals surface area contributed by atoms with Gasteiger partial charge in [0.15, 0.2) is 0 Å². The third-order valence-electron chi connectivity index (χ3n) is 2.33. The average molecular weight is 286 g/mol. The number of nitrogens with one attached hydrogen (secondary N) is 1. The van der Waals surface area contributed by atoms with Crippen molar-refractivity contribution >= 4 is 21.8 Å². The maximum absolute atomic E-state index is 11.7. The van der Waals surface area contributed by atoms with Gasteiger partial charge in [-0.25, -0.2) is 0 Å². The summed E-state index contributed by atoms with van der Waals surface area (Å²) in [5.41, 5.74) is 0.306. The zero-order valence-electron chi connectivity index (χ0n) is 9.71. The van der Waals surface area contributed by atoms with E-state index in [0.717, 1.165) is 4.47 Å². The third-order valence-corrected chi connectivity index (χ3v) is 2.86. The first-order valence-corrected chi connectivity index (χ1v) is 5.83. The van der Waals surface area contributed by atoms with Crippen molar-refractivity contribution in [3.8, 4) is 0 Å². The fraction of sp³-hybridized carbons (Fsp3) is 0.417. The number of hydrogen-bond acceptors (Lipinski definition) is 2. The Balaban J connectivity index is 2.56. The van der Waals surface area contributed by atoms with Crippen LogP contribution in [0.15, 0.2) is 28.7 Å². The maximum Gasteiger partial charge on any atom is 0.251 e. The van der Waals surface area contributed by atoms with Crippen LogP contribution in [0.1, 0.15) is 24.2 Å². The lowest BCUT2D eigenvalue weighted by molar-refractivity contribution is 0.0229. The highest BCUT2D eigenvalue weighted by molar-refractivity contribution is 9.10. The zero-order valence-corrected chi connectivity index (χ0v) is 11.3. The van der Waals surface area contributed by atoms with Gasteiger partial charge in [-0.2, -0.15) is 0 Å². The Hall–Kier alpha value is -0.870. The van der Waals surface area contributed by atoms with Crippen LogP contribution in [0.25, 0.3) is 0 Å². The summed E-state index contributed by atoms with van der Waals surface area (Å²) in [7, 11) is 1.63. The van der Waals surface area contributed by atoms with Crippen LogP contribution in [0.3, 0.4) is 0 Å². The number of carbonyl (C=O) groups excluding carboxylic acids is 1. The first-order chi connectivity index (χ1) is 7.44. The lowest BCUT2D eigenvalue weighted by Crippen LogP contribution is -2.39. The molecule has 0 radical (unpaired) electrons. The highest BCUT2D eigenvalue weighted by Crippen LogP contribution is 2.11. The molecule has 1 N–H and O–H groups in total. The van der Waals surface area contributed by atoms with Crippen molar-refractivity contribution in [3.05, 3.63) is 34.3 Å². The van der Waals surface area contributed by atoms with Gasteiger partial charge >= 0.3 is 0 Å². The zero-order chi connectivity index (χ0) is 12.2. The first-order valence-electron chi connectivity index (χ1n) is 5.03. The van der Waals surface area contributed by atoms with E-state index in [4.69, 9.17) is 4.74 Å². The van der Waals surface area contributed by atoms with Gasteiger partial charge in [0.2, 0.25) is 0 Å². The van der Waals surface area contributed by atoms with Crippen LogP contribution in [0, 0.1) is 0 Å². The van der Waals surface area contributed by atoms with Crippen LogP contribution >= 0.6 is 15.9 Å². The number of benzene rings is 1. The molecule has 0 saturated carbocycles. The van der Waals surface area contributed by atoms with Crippen molar-refractivity contribution in [1.82, 2.24) is 5.32 Å². The molecule has 1 amide bonds. The van der Waals surface area contributed by atoms with E-state index in [1.807, 2.05) is 26.0 Å². The highest BCUT2D eigenvalue weighted by Gasteiger charge is 2.17. The molecule has 0 bridgehead atoms. The lowest BCUT2D eigenvalue weighted by Gasteiger charge is -2.23. The van der Waals surface area contributed by atoms with Gasteiger partial charge in [-0.05, 0) is 38.1 Å². The van der Waals surface area contributed by atoms with Crippen molar-refractivity contribution in [2.24, 2.45) is 0 Å². The minimum absolute atomic E-state index is 0.0855. The summed E-state index contributed by atoms with van der Waals surface area (Å²) >= 11 is 3.32. The summed E-state index contributed by atoms with van der Waals surface area (Å²) in [4.78, 5) is 11.7. The Morgan fingerprint density at radius 1 is 1.38 bits per heavy atom. The van der Waals surface area contributed by atoms with Gasteiger partial charge in [0.1, 0.15) is 0 Å². The van der Waals surface area contributed by atoms with E-state index in [-0.39, 0.29) is 11.5 Å². The molecule has 1 aromatic rings. The molecule has 1 rings (SSSR count). The van der Waals surface area contributed by atoms with Gasteiger partial charge in [0.05, 0.1) is 5.60 Å². The molecule has 3 nitrogen and oxygen atoms in total. The molecule has 0 atom stereocenters. The second-order valence-corrected chi connectivity index (χ2v) is 5.07. The smallest absolute Gasteiger partial charge is 0.251 e. The van der Waals surface area contributed by atoms with Gasteiger partial charge in [-0.3, -0.25) is 4.79 Å². The molecule has 88 valence electrons. The van der Waals surface area contributed by atoms with E-state index in [2.05, 4.69) is 21.2 Å². The van der Waals surface area contributed by atoms with E-state index in [0.29, 0.717) is 12.1 Å². The fourth-order valence-electron chi connectivity index (χ4n) is 1.07. The molecule has 0 spiro atoms. The summed E-state index contributed by atoms with van der Waals surface area (Å²) in [5, 5.41) is 2.83. The molecule has 0 aromatic heterocycles. The topological polar surface area (TPSA) is 38.3 Å². The number of halogens is 1. The summed E-state index contributed by atoms with van der Waals surface area (Å²) in [6, 6.07) is 7.24. The van der Waals surface area contributed by atoms with Gasteiger partial charge < -0.3 is 10.1 Å². The van der Waals surface area contributed by atoms with Crippen LogP contribution in [0.4, 0.5) is 0 Å². The lowest BCUT2D eigenvalue weighted by atomic mass is 10.1. The van der Waals surface area contributed by atoms with E-state index >= 15 is 0 Å². The standard InChI is InChI=1S/C12H16BrNO2/c1-12(2,16-3)8-14-11(15)9-4-6-10(13)7-5-9/h4-7H,8H2,1-3H3,(H,14,15).